The normalized spacial score (nSPS) is 10.6. The fraction of sp³-hybridized carbons (Fsp3) is 0.200. The van der Waals surface area contributed by atoms with Crippen LogP contribution < -0.4 is 10.1 Å². The van der Waals surface area contributed by atoms with Crippen molar-refractivity contribution in [3.8, 4) is 5.75 Å². The van der Waals surface area contributed by atoms with E-state index in [0.29, 0.717) is 22.9 Å². The Labute approximate surface area is 127 Å². The van der Waals surface area contributed by atoms with Gasteiger partial charge >= 0.3 is 0 Å². The van der Waals surface area contributed by atoms with Gasteiger partial charge in [-0.2, -0.15) is 0 Å². The van der Waals surface area contributed by atoms with Crippen LogP contribution >= 0.6 is 23.2 Å². The number of hydrogen-bond acceptors (Lipinski definition) is 2. The maximum Gasteiger partial charge on any atom is 0.148 e. The first-order valence-corrected chi connectivity index (χ1v) is 6.86. The van der Waals surface area contributed by atoms with Crippen molar-refractivity contribution >= 4 is 23.2 Å². The molecule has 0 unspecified atom stereocenters. The minimum Gasteiger partial charge on any atom is -0.488 e. The zero-order chi connectivity index (χ0) is 14.5. The van der Waals surface area contributed by atoms with Gasteiger partial charge in [-0.25, -0.2) is 4.39 Å². The highest BCUT2D eigenvalue weighted by molar-refractivity contribution is 6.31. The molecule has 0 aliphatic heterocycles. The molecule has 0 aliphatic carbocycles. The van der Waals surface area contributed by atoms with Crippen LogP contribution in [0.4, 0.5) is 4.39 Å². The molecule has 0 atom stereocenters. The van der Waals surface area contributed by atoms with Crippen LogP contribution in [0.3, 0.4) is 0 Å². The fourth-order valence-corrected chi connectivity index (χ4v) is 2.22. The number of halogens is 3. The zero-order valence-corrected chi connectivity index (χ0v) is 12.4. The second-order valence-corrected chi connectivity index (χ2v) is 5.13. The van der Waals surface area contributed by atoms with E-state index in [9.17, 15) is 4.39 Å². The second kappa shape index (κ2) is 6.93. The highest BCUT2D eigenvalue weighted by Crippen LogP contribution is 2.25. The van der Waals surface area contributed by atoms with E-state index in [4.69, 9.17) is 27.9 Å². The van der Waals surface area contributed by atoms with Crippen molar-refractivity contribution in [1.29, 1.82) is 0 Å². The summed E-state index contributed by atoms with van der Waals surface area (Å²) in [4.78, 5) is 0. The van der Waals surface area contributed by atoms with Gasteiger partial charge in [0.25, 0.3) is 0 Å². The standard InChI is InChI=1S/C15H14Cl2FNO/c1-19-8-11-7-12(16)5-6-14(11)20-9-10-3-2-4-13(17)15(10)18/h2-7,19H,8-9H2,1H3. The maximum atomic E-state index is 13.8. The number of benzene rings is 2. The molecule has 106 valence electrons. The summed E-state index contributed by atoms with van der Waals surface area (Å²) >= 11 is 11.7. The molecule has 2 rings (SSSR count). The van der Waals surface area contributed by atoms with Crippen molar-refractivity contribution in [3.63, 3.8) is 0 Å². The smallest absolute Gasteiger partial charge is 0.148 e. The molecule has 2 aromatic carbocycles. The zero-order valence-electron chi connectivity index (χ0n) is 10.9. The molecule has 0 aliphatic rings. The van der Waals surface area contributed by atoms with Crippen molar-refractivity contribution < 1.29 is 9.13 Å². The summed E-state index contributed by atoms with van der Waals surface area (Å²) in [6, 6.07) is 10.2. The first-order valence-electron chi connectivity index (χ1n) is 6.10. The molecule has 0 saturated carbocycles. The van der Waals surface area contributed by atoms with Crippen LogP contribution in [-0.2, 0) is 13.2 Å². The monoisotopic (exact) mass is 313 g/mol. The Kier molecular flexibility index (Phi) is 5.24. The molecule has 20 heavy (non-hydrogen) atoms. The number of hydrogen-bond donors (Lipinski definition) is 1. The predicted octanol–water partition coefficient (Wildman–Crippen LogP) is 4.43. The van der Waals surface area contributed by atoms with Gasteiger partial charge < -0.3 is 10.1 Å². The lowest BCUT2D eigenvalue weighted by molar-refractivity contribution is 0.296. The molecule has 0 heterocycles. The number of rotatable bonds is 5. The molecular formula is C15H14Cl2FNO. The van der Waals surface area contributed by atoms with Gasteiger partial charge in [-0.15, -0.1) is 0 Å². The summed E-state index contributed by atoms with van der Waals surface area (Å²) < 4.78 is 19.4. The molecule has 0 radical (unpaired) electrons. The predicted molar refractivity (Wildman–Crippen MR) is 80.0 cm³/mol. The molecule has 0 amide bonds. The number of ether oxygens (including phenoxy) is 1. The SMILES string of the molecule is CNCc1cc(Cl)ccc1OCc1cccc(Cl)c1F. The molecule has 0 fully saturated rings. The fourth-order valence-electron chi connectivity index (χ4n) is 1.83. The van der Waals surface area contributed by atoms with Gasteiger partial charge in [0.2, 0.25) is 0 Å². The third-order valence-corrected chi connectivity index (χ3v) is 3.33. The molecule has 5 heteroatoms. The van der Waals surface area contributed by atoms with E-state index in [1.54, 1.807) is 24.3 Å². The summed E-state index contributed by atoms with van der Waals surface area (Å²) in [7, 11) is 1.83. The molecule has 0 spiro atoms. The summed E-state index contributed by atoms with van der Waals surface area (Å²) in [6.45, 7) is 0.735. The highest BCUT2D eigenvalue weighted by atomic mass is 35.5. The van der Waals surface area contributed by atoms with E-state index in [1.807, 2.05) is 13.1 Å². The van der Waals surface area contributed by atoms with Gasteiger partial charge in [0.05, 0.1) is 5.02 Å². The van der Waals surface area contributed by atoms with E-state index in [-0.39, 0.29) is 11.6 Å². The van der Waals surface area contributed by atoms with Crippen LogP contribution in [0.15, 0.2) is 36.4 Å². The van der Waals surface area contributed by atoms with Crippen molar-refractivity contribution in [1.82, 2.24) is 5.32 Å². The Hall–Kier alpha value is -1.29. The van der Waals surface area contributed by atoms with Gasteiger partial charge in [-0.05, 0) is 31.3 Å². The van der Waals surface area contributed by atoms with Crippen molar-refractivity contribution in [2.24, 2.45) is 0 Å². The Morgan fingerprint density at radius 2 is 1.95 bits per heavy atom. The van der Waals surface area contributed by atoms with Gasteiger partial charge in [-0.1, -0.05) is 35.3 Å². The third-order valence-electron chi connectivity index (χ3n) is 2.80. The maximum absolute atomic E-state index is 13.8. The topological polar surface area (TPSA) is 21.3 Å². The van der Waals surface area contributed by atoms with Crippen molar-refractivity contribution in [3.05, 3.63) is 63.4 Å². The largest absolute Gasteiger partial charge is 0.488 e. The van der Waals surface area contributed by atoms with Gasteiger partial charge in [0, 0.05) is 22.7 Å². The number of nitrogens with one attached hydrogen (secondary N) is 1. The van der Waals surface area contributed by atoms with Crippen LogP contribution in [0.1, 0.15) is 11.1 Å². The van der Waals surface area contributed by atoms with Gasteiger partial charge in [-0.3, -0.25) is 0 Å². The molecule has 2 nitrogen and oxygen atoms in total. The molecule has 1 N–H and O–H groups in total. The van der Waals surface area contributed by atoms with E-state index < -0.39 is 5.82 Å². The minimum absolute atomic E-state index is 0.0951. The lowest BCUT2D eigenvalue weighted by Crippen LogP contribution is -2.08. The summed E-state index contributed by atoms with van der Waals surface area (Å²) in [5.41, 5.74) is 1.34. The van der Waals surface area contributed by atoms with E-state index in [2.05, 4.69) is 5.32 Å². The van der Waals surface area contributed by atoms with Crippen LogP contribution in [0.25, 0.3) is 0 Å². The van der Waals surface area contributed by atoms with Gasteiger partial charge in [0.1, 0.15) is 18.2 Å². The summed E-state index contributed by atoms with van der Waals surface area (Å²) in [5, 5.41) is 3.77. The summed E-state index contributed by atoms with van der Waals surface area (Å²) in [6.07, 6.45) is 0. The van der Waals surface area contributed by atoms with Gasteiger partial charge in [0.15, 0.2) is 0 Å². The lowest BCUT2D eigenvalue weighted by Gasteiger charge is -2.12. The minimum atomic E-state index is -0.446. The molecule has 0 bridgehead atoms. The highest BCUT2D eigenvalue weighted by Gasteiger charge is 2.09. The molecular weight excluding hydrogens is 300 g/mol. The lowest BCUT2D eigenvalue weighted by atomic mass is 10.2. The van der Waals surface area contributed by atoms with Crippen LogP contribution in [0.2, 0.25) is 10.0 Å². The quantitative estimate of drug-likeness (QED) is 0.881. The molecule has 2 aromatic rings. The van der Waals surface area contributed by atoms with E-state index in [0.717, 1.165) is 5.56 Å². The summed E-state index contributed by atoms with van der Waals surface area (Å²) in [5.74, 6) is 0.224. The first kappa shape index (κ1) is 15.1. The Bertz CT molecular complexity index is 604. The van der Waals surface area contributed by atoms with E-state index in [1.165, 1.54) is 6.07 Å². The Morgan fingerprint density at radius 3 is 2.70 bits per heavy atom. The average molecular weight is 314 g/mol. The van der Waals surface area contributed by atoms with Crippen LogP contribution in [0.5, 0.6) is 5.75 Å². The average Bonchev–Trinajstić information content (AvgIpc) is 2.42. The second-order valence-electron chi connectivity index (χ2n) is 4.28. The van der Waals surface area contributed by atoms with Crippen LogP contribution in [0, 0.1) is 5.82 Å². The van der Waals surface area contributed by atoms with Crippen molar-refractivity contribution in [2.45, 2.75) is 13.2 Å². The van der Waals surface area contributed by atoms with E-state index >= 15 is 0 Å². The molecule has 0 aromatic heterocycles. The first-order chi connectivity index (χ1) is 9.61. The van der Waals surface area contributed by atoms with Crippen molar-refractivity contribution in [2.75, 3.05) is 7.05 Å². The molecule has 0 saturated heterocycles. The third kappa shape index (κ3) is 3.63. The Morgan fingerprint density at radius 1 is 1.15 bits per heavy atom. The Balaban J connectivity index is 2.16. The van der Waals surface area contributed by atoms with Crippen LogP contribution in [-0.4, -0.2) is 7.05 Å².